The second-order valence-corrected chi connectivity index (χ2v) is 5.27. The van der Waals surface area contributed by atoms with Crippen molar-refractivity contribution in [3.05, 3.63) is 18.2 Å². The molecule has 0 atom stereocenters. The fourth-order valence-electron chi connectivity index (χ4n) is 1.34. The van der Waals surface area contributed by atoms with Crippen LogP contribution in [0.25, 0.3) is 0 Å². The lowest BCUT2D eigenvalue weighted by molar-refractivity contribution is 0.136. The van der Waals surface area contributed by atoms with Crippen molar-refractivity contribution in [3.63, 3.8) is 0 Å². The highest BCUT2D eigenvalue weighted by Crippen LogP contribution is 2.36. The molecule has 0 saturated heterocycles. The molecule has 80 valence electrons. The van der Waals surface area contributed by atoms with E-state index >= 15 is 0 Å². The lowest BCUT2D eigenvalue weighted by Gasteiger charge is -2.41. The molecule has 3 heteroatoms. The molecule has 0 saturated carbocycles. The first-order valence-corrected chi connectivity index (χ1v) is 5.02. The van der Waals surface area contributed by atoms with Crippen molar-refractivity contribution >= 4 is 0 Å². The van der Waals surface area contributed by atoms with Crippen LogP contribution in [0, 0.1) is 5.41 Å². The molecule has 2 N–H and O–H groups in total. The zero-order valence-corrected chi connectivity index (χ0v) is 9.83. The van der Waals surface area contributed by atoms with Crippen LogP contribution in [0.15, 0.2) is 12.5 Å². The average Bonchev–Trinajstić information content (AvgIpc) is 2.49. The molecule has 0 amide bonds. The Morgan fingerprint density at radius 2 is 1.86 bits per heavy atom. The van der Waals surface area contributed by atoms with Gasteiger partial charge in [0.2, 0.25) is 0 Å². The van der Waals surface area contributed by atoms with E-state index in [0.29, 0.717) is 6.54 Å². The van der Waals surface area contributed by atoms with E-state index in [1.165, 1.54) is 0 Å². The van der Waals surface area contributed by atoms with Gasteiger partial charge in [-0.25, -0.2) is 4.98 Å². The van der Waals surface area contributed by atoms with Gasteiger partial charge in [-0.05, 0) is 19.3 Å². The first-order valence-electron chi connectivity index (χ1n) is 5.02. The predicted molar refractivity (Wildman–Crippen MR) is 58.9 cm³/mol. The standard InChI is InChI=1S/C11H21N3/c1-10(2,3)11(4,5)14-8-13-7-9(14)6-12/h7-8H,6,12H2,1-5H3. The molecule has 0 bridgehead atoms. The summed E-state index contributed by atoms with van der Waals surface area (Å²) in [6, 6.07) is 0. The first kappa shape index (κ1) is 11.2. The Kier molecular flexibility index (Phi) is 2.72. The van der Waals surface area contributed by atoms with Crippen molar-refractivity contribution < 1.29 is 0 Å². The molecule has 1 aromatic rings. The minimum atomic E-state index is 0.0260. The van der Waals surface area contributed by atoms with Crippen LogP contribution in [-0.2, 0) is 12.1 Å². The lowest BCUT2D eigenvalue weighted by atomic mass is 9.76. The molecule has 1 heterocycles. The summed E-state index contributed by atoms with van der Waals surface area (Å²) in [6.07, 6.45) is 3.71. The van der Waals surface area contributed by atoms with Crippen LogP contribution < -0.4 is 5.73 Å². The van der Waals surface area contributed by atoms with Gasteiger partial charge in [0.1, 0.15) is 0 Å². The van der Waals surface area contributed by atoms with Crippen molar-refractivity contribution in [2.24, 2.45) is 11.1 Å². The number of aromatic nitrogens is 2. The zero-order chi connectivity index (χ0) is 11.0. The summed E-state index contributed by atoms with van der Waals surface area (Å²) in [5, 5.41) is 0. The predicted octanol–water partition coefficient (Wildman–Crippen LogP) is 2.12. The molecule has 1 aromatic heterocycles. The molecule has 0 aromatic carbocycles. The maximum atomic E-state index is 5.67. The monoisotopic (exact) mass is 195 g/mol. The Balaban J connectivity index is 3.16. The Morgan fingerprint density at radius 1 is 1.29 bits per heavy atom. The van der Waals surface area contributed by atoms with Crippen LogP contribution in [-0.4, -0.2) is 9.55 Å². The molecule has 0 unspecified atom stereocenters. The van der Waals surface area contributed by atoms with Crippen LogP contribution in [0.2, 0.25) is 0 Å². The molecular formula is C11H21N3. The second-order valence-electron chi connectivity index (χ2n) is 5.27. The topological polar surface area (TPSA) is 43.8 Å². The maximum absolute atomic E-state index is 5.67. The quantitative estimate of drug-likeness (QED) is 0.785. The summed E-state index contributed by atoms with van der Waals surface area (Å²) in [6.45, 7) is 11.7. The maximum Gasteiger partial charge on any atom is 0.0953 e. The van der Waals surface area contributed by atoms with Gasteiger partial charge in [0.05, 0.1) is 12.0 Å². The highest BCUT2D eigenvalue weighted by Gasteiger charge is 2.35. The molecule has 0 aliphatic carbocycles. The molecule has 1 rings (SSSR count). The number of nitrogens with two attached hydrogens (primary N) is 1. The number of imidazole rings is 1. The highest BCUT2D eigenvalue weighted by atomic mass is 15.1. The third kappa shape index (κ3) is 1.69. The van der Waals surface area contributed by atoms with E-state index in [2.05, 4.69) is 44.2 Å². The largest absolute Gasteiger partial charge is 0.327 e. The van der Waals surface area contributed by atoms with Gasteiger partial charge < -0.3 is 10.3 Å². The fourth-order valence-corrected chi connectivity index (χ4v) is 1.34. The Morgan fingerprint density at radius 3 is 2.29 bits per heavy atom. The van der Waals surface area contributed by atoms with Gasteiger partial charge in [-0.15, -0.1) is 0 Å². The molecule has 0 radical (unpaired) electrons. The summed E-state index contributed by atoms with van der Waals surface area (Å²) in [7, 11) is 0. The lowest BCUT2D eigenvalue weighted by Crippen LogP contribution is -2.40. The van der Waals surface area contributed by atoms with Crippen molar-refractivity contribution in [1.29, 1.82) is 0 Å². The first-order chi connectivity index (χ1) is 6.30. The molecule has 0 aliphatic heterocycles. The Bertz CT molecular complexity index is 305. The normalized spacial score (nSPS) is 13.3. The summed E-state index contributed by atoms with van der Waals surface area (Å²) in [5.41, 5.74) is 6.97. The number of nitrogens with zero attached hydrogens (tertiary/aromatic N) is 2. The van der Waals surface area contributed by atoms with Gasteiger partial charge in [-0.2, -0.15) is 0 Å². The van der Waals surface area contributed by atoms with Crippen molar-refractivity contribution in [2.45, 2.75) is 46.7 Å². The van der Waals surface area contributed by atoms with Gasteiger partial charge in [-0.1, -0.05) is 20.8 Å². The smallest absolute Gasteiger partial charge is 0.0953 e. The van der Waals surface area contributed by atoms with Gasteiger partial charge in [0.25, 0.3) is 0 Å². The molecule has 14 heavy (non-hydrogen) atoms. The third-order valence-electron chi connectivity index (χ3n) is 3.36. The third-order valence-corrected chi connectivity index (χ3v) is 3.36. The van der Waals surface area contributed by atoms with Crippen LogP contribution in [0.3, 0.4) is 0 Å². The van der Waals surface area contributed by atoms with E-state index in [9.17, 15) is 0 Å². The number of hydrogen-bond acceptors (Lipinski definition) is 2. The Labute approximate surface area is 86.3 Å². The van der Waals surface area contributed by atoms with Crippen molar-refractivity contribution in [1.82, 2.24) is 9.55 Å². The van der Waals surface area contributed by atoms with E-state index in [0.717, 1.165) is 5.69 Å². The van der Waals surface area contributed by atoms with Crippen molar-refractivity contribution in [2.75, 3.05) is 0 Å². The molecule has 0 fully saturated rings. The van der Waals surface area contributed by atoms with E-state index in [-0.39, 0.29) is 11.0 Å². The van der Waals surface area contributed by atoms with Gasteiger partial charge >= 0.3 is 0 Å². The molecule has 0 aliphatic rings. The number of rotatable bonds is 2. The molecule has 0 spiro atoms. The van der Waals surface area contributed by atoms with Crippen molar-refractivity contribution in [3.8, 4) is 0 Å². The summed E-state index contributed by atoms with van der Waals surface area (Å²) < 4.78 is 2.17. The number of hydrogen-bond donors (Lipinski definition) is 1. The van der Waals surface area contributed by atoms with Crippen LogP contribution >= 0.6 is 0 Å². The summed E-state index contributed by atoms with van der Waals surface area (Å²) >= 11 is 0. The Hall–Kier alpha value is -0.830. The van der Waals surface area contributed by atoms with Crippen LogP contribution in [0.4, 0.5) is 0 Å². The molecule has 3 nitrogen and oxygen atoms in total. The van der Waals surface area contributed by atoms with Crippen LogP contribution in [0.5, 0.6) is 0 Å². The molecular weight excluding hydrogens is 174 g/mol. The zero-order valence-electron chi connectivity index (χ0n) is 9.83. The highest BCUT2D eigenvalue weighted by molar-refractivity contribution is 5.04. The van der Waals surface area contributed by atoms with E-state index in [4.69, 9.17) is 5.73 Å². The van der Waals surface area contributed by atoms with E-state index < -0.39 is 0 Å². The minimum absolute atomic E-state index is 0.0260. The second kappa shape index (κ2) is 3.39. The van der Waals surface area contributed by atoms with Gasteiger partial charge in [0, 0.05) is 18.3 Å². The summed E-state index contributed by atoms with van der Waals surface area (Å²) in [5.74, 6) is 0. The van der Waals surface area contributed by atoms with E-state index in [1.807, 2.05) is 12.5 Å². The van der Waals surface area contributed by atoms with Gasteiger partial charge in [0.15, 0.2) is 0 Å². The van der Waals surface area contributed by atoms with Crippen LogP contribution in [0.1, 0.15) is 40.3 Å². The SMILES string of the molecule is CC(C)(C)C(C)(C)n1cncc1CN. The fraction of sp³-hybridized carbons (Fsp3) is 0.727. The van der Waals surface area contributed by atoms with E-state index in [1.54, 1.807) is 0 Å². The minimum Gasteiger partial charge on any atom is -0.327 e. The average molecular weight is 195 g/mol. The van der Waals surface area contributed by atoms with Gasteiger partial charge in [-0.3, -0.25) is 0 Å². The summed E-state index contributed by atoms with van der Waals surface area (Å²) in [4.78, 5) is 4.16.